The van der Waals surface area contributed by atoms with Gasteiger partial charge in [-0.25, -0.2) is 4.79 Å². The van der Waals surface area contributed by atoms with Crippen molar-refractivity contribution in [3.63, 3.8) is 0 Å². The first-order chi connectivity index (χ1) is 11.6. The molecular weight excluding hydrogens is 302 g/mol. The monoisotopic (exact) mass is 325 g/mol. The maximum absolute atomic E-state index is 12.5. The van der Waals surface area contributed by atoms with Crippen molar-refractivity contribution < 1.29 is 9.53 Å². The number of carbonyl (C=O) groups excluding carboxylic acids is 1. The molecule has 1 aliphatic rings. The minimum atomic E-state index is -0.0683. The number of benzene rings is 1. The van der Waals surface area contributed by atoms with Crippen LogP contribution in [0.25, 0.3) is 0 Å². The van der Waals surface area contributed by atoms with E-state index in [0.29, 0.717) is 6.54 Å². The summed E-state index contributed by atoms with van der Waals surface area (Å²) in [5.74, 6) is 0.798. The molecule has 1 aromatic heterocycles. The lowest BCUT2D eigenvalue weighted by molar-refractivity contribution is 0.106. The van der Waals surface area contributed by atoms with E-state index in [4.69, 9.17) is 4.74 Å². The van der Waals surface area contributed by atoms with Crippen molar-refractivity contribution in [3.05, 3.63) is 53.9 Å². The number of pyridine rings is 1. The summed E-state index contributed by atoms with van der Waals surface area (Å²) in [6, 6.07) is 9.58. The van der Waals surface area contributed by atoms with Crippen LogP contribution in [0.15, 0.2) is 42.7 Å². The van der Waals surface area contributed by atoms with Gasteiger partial charge in [-0.2, -0.15) is 0 Å². The van der Waals surface area contributed by atoms with Gasteiger partial charge < -0.3 is 15.0 Å². The first-order valence-corrected chi connectivity index (χ1v) is 8.31. The number of nitrogens with one attached hydrogen (secondary N) is 1. The van der Waals surface area contributed by atoms with E-state index in [9.17, 15) is 4.79 Å². The van der Waals surface area contributed by atoms with Crippen LogP contribution in [0, 0.1) is 13.8 Å². The smallest absolute Gasteiger partial charge is 0.321 e. The SMILES string of the molecule is Cc1ccc(NC(=O)N2CCC[C@@H](Oc3ccncc3)C2)cc1C. The maximum Gasteiger partial charge on any atom is 0.321 e. The zero-order chi connectivity index (χ0) is 16.9. The van der Waals surface area contributed by atoms with E-state index in [1.807, 2.05) is 42.2 Å². The highest BCUT2D eigenvalue weighted by Crippen LogP contribution is 2.19. The van der Waals surface area contributed by atoms with Crippen molar-refractivity contribution in [3.8, 4) is 5.75 Å². The zero-order valence-corrected chi connectivity index (χ0v) is 14.2. The quantitative estimate of drug-likeness (QED) is 0.934. The molecule has 1 saturated heterocycles. The molecule has 0 spiro atoms. The van der Waals surface area contributed by atoms with Crippen molar-refractivity contribution in [2.45, 2.75) is 32.8 Å². The largest absolute Gasteiger partial charge is 0.488 e. The molecule has 0 unspecified atom stereocenters. The molecule has 2 amide bonds. The van der Waals surface area contributed by atoms with Gasteiger partial charge >= 0.3 is 6.03 Å². The highest BCUT2D eigenvalue weighted by atomic mass is 16.5. The molecule has 5 heteroatoms. The number of urea groups is 1. The van der Waals surface area contributed by atoms with E-state index < -0.39 is 0 Å². The van der Waals surface area contributed by atoms with Crippen LogP contribution in [0.4, 0.5) is 10.5 Å². The summed E-state index contributed by atoms with van der Waals surface area (Å²) in [5.41, 5.74) is 3.22. The summed E-state index contributed by atoms with van der Waals surface area (Å²) >= 11 is 0. The molecule has 2 heterocycles. The van der Waals surface area contributed by atoms with Crippen LogP contribution in [0.3, 0.4) is 0 Å². The molecular formula is C19H23N3O2. The Kier molecular flexibility index (Phi) is 4.99. The summed E-state index contributed by atoms with van der Waals surface area (Å²) < 4.78 is 5.96. The predicted octanol–water partition coefficient (Wildman–Crippen LogP) is 3.77. The van der Waals surface area contributed by atoms with Crippen LogP contribution < -0.4 is 10.1 Å². The third-order valence-corrected chi connectivity index (χ3v) is 4.38. The van der Waals surface area contributed by atoms with Crippen LogP contribution in [0.2, 0.25) is 0 Å². The first kappa shape index (κ1) is 16.3. The third kappa shape index (κ3) is 4.04. The summed E-state index contributed by atoms with van der Waals surface area (Å²) in [6.07, 6.45) is 5.34. The minimum absolute atomic E-state index is 0.0200. The Bertz CT molecular complexity index is 703. The van der Waals surface area contributed by atoms with E-state index in [0.717, 1.165) is 30.8 Å². The van der Waals surface area contributed by atoms with Gasteiger partial charge in [0, 0.05) is 24.6 Å². The second-order valence-electron chi connectivity index (χ2n) is 6.24. The van der Waals surface area contributed by atoms with Gasteiger partial charge in [-0.15, -0.1) is 0 Å². The van der Waals surface area contributed by atoms with Gasteiger partial charge in [0.25, 0.3) is 0 Å². The van der Waals surface area contributed by atoms with Crippen LogP contribution in [0.1, 0.15) is 24.0 Å². The molecule has 0 radical (unpaired) electrons. The van der Waals surface area contributed by atoms with Crippen LogP contribution in [-0.2, 0) is 0 Å². The van der Waals surface area contributed by atoms with E-state index in [1.54, 1.807) is 12.4 Å². The van der Waals surface area contributed by atoms with E-state index in [-0.39, 0.29) is 12.1 Å². The van der Waals surface area contributed by atoms with Crippen LogP contribution in [-0.4, -0.2) is 35.1 Å². The number of anilines is 1. The maximum atomic E-state index is 12.5. The molecule has 1 fully saturated rings. The Labute approximate surface area is 142 Å². The fraction of sp³-hybridized carbons (Fsp3) is 0.368. The highest BCUT2D eigenvalue weighted by Gasteiger charge is 2.25. The Balaban J connectivity index is 1.59. The average Bonchev–Trinajstić information content (AvgIpc) is 2.59. The number of piperidine rings is 1. The second-order valence-corrected chi connectivity index (χ2v) is 6.24. The predicted molar refractivity (Wildman–Crippen MR) is 94.4 cm³/mol. The van der Waals surface area contributed by atoms with Gasteiger partial charge in [-0.1, -0.05) is 6.07 Å². The lowest BCUT2D eigenvalue weighted by Crippen LogP contribution is -2.46. The first-order valence-electron chi connectivity index (χ1n) is 8.31. The third-order valence-electron chi connectivity index (χ3n) is 4.38. The summed E-state index contributed by atoms with van der Waals surface area (Å²) in [7, 11) is 0. The molecule has 1 atom stereocenters. The topological polar surface area (TPSA) is 54.5 Å². The van der Waals surface area contributed by atoms with Crippen molar-refractivity contribution in [1.82, 2.24) is 9.88 Å². The van der Waals surface area contributed by atoms with Crippen molar-refractivity contribution in [1.29, 1.82) is 0 Å². The molecule has 0 saturated carbocycles. The summed E-state index contributed by atoms with van der Waals surface area (Å²) in [6.45, 7) is 5.46. The fourth-order valence-corrected chi connectivity index (χ4v) is 2.85. The summed E-state index contributed by atoms with van der Waals surface area (Å²) in [4.78, 5) is 18.3. The van der Waals surface area contributed by atoms with Crippen LogP contribution >= 0.6 is 0 Å². The molecule has 1 N–H and O–H groups in total. The number of carbonyl (C=O) groups is 1. The number of aromatic nitrogens is 1. The number of likely N-dealkylation sites (tertiary alicyclic amines) is 1. The molecule has 0 bridgehead atoms. The zero-order valence-electron chi connectivity index (χ0n) is 14.2. The lowest BCUT2D eigenvalue weighted by atomic mass is 10.1. The number of hydrogen-bond donors (Lipinski definition) is 1. The van der Waals surface area contributed by atoms with E-state index >= 15 is 0 Å². The number of hydrogen-bond acceptors (Lipinski definition) is 3. The van der Waals surface area contributed by atoms with Gasteiger partial charge in [0.15, 0.2) is 0 Å². The standard InChI is InChI=1S/C19H23N3O2/c1-14-5-6-16(12-15(14)2)21-19(23)22-11-3-4-18(13-22)24-17-7-9-20-10-8-17/h5-10,12,18H,3-4,11,13H2,1-2H3,(H,21,23)/t18-/m1/s1. The number of ether oxygens (including phenoxy) is 1. The molecule has 1 aliphatic heterocycles. The molecule has 5 nitrogen and oxygen atoms in total. The lowest BCUT2D eigenvalue weighted by Gasteiger charge is -2.33. The molecule has 126 valence electrons. The Hall–Kier alpha value is -2.56. The minimum Gasteiger partial charge on any atom is -0.488 e. The molecule has 1 aromatic carbocycles. The number of aryl methyl sites for hydroxylation is 2. The molecule has 24 heavy (non-hydrogen) atoms. The molecule has 3 rings (SSSR count). The second kappa shape index (κ2) is 7.34. The van der Waals surface area contributed by atoms with Crippen LogP contribution in [0.5, 0.6) is 5.75 Å². The number of amides is 2. The Morgan fingerprint density at radius 2 is 2.00 bits per heavy atom. The van der Waals surface area contributed by atoms with E-state index in [2.05, 4.69) is 17.2 Å². The Morgan fingerprint density at radius 1 is 1.21 bits per heavy atom. The molecule has 2 aromatic rings. The highest BCUT2D eigenvalue weighted by molar-refractivity contribution is 5.89. The number of rotatable bonds is 3. The van der Waals surface area contributed by atoms with Gasteiger partial charge in [0.05, 0.1) is 6.54 Å². The van der Waals surface area contributed by atoms with E-state index in [1.165, 1.54) is 11.1 Å². The van der Waals surface area contributed by atoms with Crippen molar-refractivity contribution in [2.75, 3.05) is 18.4 Å². The number of nitrogens with zero attached hydrogens (tertiary/aromatic N) is 2. The van der Waals surface area contributed by atoms with Crippen molar-refractivity contribution in [2.24, 2.45) is 0 Å². The average molecular weight is 325 g/mol. The summed E-state index contributed by atoms with van der Waals surface area (Å²) in [5, 5.41) is 2.99. The molecule has 0 aliphatic carbocycles. The van der Waals surface area contributed by atoms with Gasteiger partial charge in [0.2, 0.25) is 0 Å². The normalized spacial score (nSPS) is 17.4. The Morgan fingerprint density at radius 3 is 2.75 bits per heavy atom. The van der Waals surface area contributed by atoms with Crippen molar-refractivity contribution >= 4 is 11.7 Å². The van der Waals surface area contributed by atoms with Gasteiger partial charge in [-0.05, 0) is 62.1 Å². The van der Waals surface area contributed by atoms with Gasteiger partial charge in [-0.3, -0.25) is 4.98 Å². The fourth-order valence-electron chi connectivity index (χ4n) is 2.85. The van der Waals surface area contributed by atoms with Gasteiger partial charge in [0.1, 0.15) is 11.9 Å².